The fourth-order valence-electron chi connectivity index (χ4n) is 2.20. The van der Waals surface area contributed by atoms with Gasteiger partial charge in [0.05, 0.1) is 30.0 Å². The lowest BCUT2D eigenvalue weighted by molar-refractivity contribution is -0.384. The van der Waals surface area contributed by atoms with Crippen molar-refractivity contribution in [2.75, 3.05) is 6.54 Å². The summed E-state index contributed by atoms with van der Waals surface area (Å²) < 4.78 is 5.00. The van der Waals surface area contributed by atoms with Gasteiger partial charge in [0.15, 0.2) is 0 Å². The molecule has 0 bridgehead atoms. The second kappa shape index (κ2) is 7.44. The molecule has 7 nitrogen and oxygen atoms in total. The fourth-order valence-corrected chi connectivity index (χ4v) is 2.20. The summed E-state index contributed by atoms with van der Waals surface area (Å²) in [6, 6.07) is 7.50. The van der Waals surface area contributed by atoms with Crippen molar-refractivity contribution in [2.45, 2.75) is 26.4 Å². The van der Waals surface area contributed by atoms with Crippen molar-refractivity contribution in [3.05, 3.63) is 64.1 Å². The third kappa shape index (κ3) is 4.32. The molecule has 0 aliphatic rings. The third-order valence-electron chi connectivity index (χ3n) is 3.54. The molecule has 0 unspecified atom stereocenters. The molecule has 1 heterocycles. The number of nitro benzene ring substituents is 1. The minimum Gasteiger partial charge on any atom is -0.472 e. The van der Waals surface area contributed by atoms with E-state index in [0.717, 1.165) is 5.56 Å². The lowest BCUT2D eigenvalue weighted by Crippen LogP contribution is -2.40. The Labute approximate surface area is 134 Å². The van der Waals surface area contributed by atoms with Gasteiger partial charge in [0, 0.05) is 24.2 Å². The first kappa shape index (κ1) is 16.5. The van der Waals surface area contributed by atoms with E-state index in [9.17, 15) is 14.9 Å². The third-order valence-corrected chi connectivity index (χ3v) is 3.54. The number of furan rings is 1. The van der Waals surface area contributed by atoms with Gasteiger partial charge in [0.25, 0.3) is 5.69 Å². The summed E-state index contributed by atoms with van der Waals surface area (Å²) >= 11 is 0. The molecule has 23 heavy (non-hydrogen) atoms. The van der Waals surface area contributed by atoms with Gasteiger partial charge >= 0.3 is 6.03 Å². The molecule has 0 saturated heterocycles. The van der Waals surface area contributed by atoms with Crippen LogP contribution in [0.4, 0.5) is 10.5 Å². The molecule has 122 valence electrons. The number of amides is 2. The Morgan fingerprint density at radius 2 is 2.22 bits per heavy atom. The Balaban J connectivity index is 2.03. The molecule has 0 aliphatic carbocycles. The zero-order valence-corrected chi connectivity index (χ0v) is 13.1. The second-order valence-corrected chi connectivity index (χ2v) is 5.17. The summed E-state index contributed by atoms with van der Waals surface area (Å²) in [4.78, 5) is 24.4. The number of hydrogen-bond donors (Lipinski definition) is 1. The average molecular weight is 317 g/mol. The van der Waals surface area contributed by atoms with Gasteiger partial charge in [-0.05, 0) is 25.5 Å². The number of carbonyl (C=O) groups is 1. The zero-order valence-electron chi connectivity index (χ0n) is 13.1. The quantitative estimate of drug-likeness (QED) is 0.652. The lowest BCUT2D eigenvalue weighted by atomic mass is 10.1. The molecule has 2 rings (SSSR count). The Morgan fingerprint density at radius 3 is 2.83 bits per heavy atom. The van der Waals surface area contributed by atoms with Gasteiger partial charge < -0.3 is 14.6 Å². The van der Waals surface area contributed by atoms with Crippen LogP contribution < -0.4 is 5.32 Å². The molecular weight excluding hydrogens is 298 g/mol. The molecule has 2 aromatic rings. The van der Waals surface area contributed by atoms with Crippen molar-refractivity contribution in [3.8, 4) is 0 Å². The monoisotopic (exact) mass is 317 g/mol. The van der Waals surface area contributed by atoms with E-state index in [1.807, 2.05) is 6.92 Å². The van der Waals surface area contributed by atoms with E-state index in [1.165, 1.54) is 12.1 Å². The van der Waals surface area contributed by atoms with Crippen LogP contribution in [0.5, 0.6) is 0 Å². The number of nitro groups is 1. The topological polar surface area (TPSA) is 88.6 Å². The Bertz CT molecular complexity index is 670. The van der Waals surface area contributed by atoms with Gasteiger partial charge in [-0.25, -0.2) is 4.79 Å². The molecule has 1 aromatic carbocycles. The molecule has 1 N–H and O–H groups in total. The van der Waals surface area contributed by atoms with E-state index >= 15 is 0 Å². The second-order valence-electron chi connectivity index (χ2n) is 5.17. The van der Waals surface area contributed by atoms with Gasteiger partial charge in [0.1, 0.15) is 0 Å². The number of carbonyl (C=O) groups excluding carboxylic acids is 1. The zero-order chi connectivity index (χ0) is 16.8. The van der Waals surface area contributed by atoms with Crippen molar-refractivity contribution in [1.29, 1.82) is 0 Å². The highest BCUT2D eigenvalue weighted by atomic mass is 16.6. The van der Waals surface area contributed by atoms with Crippen molar-refractivity contribution >= 4 is 11.7 Å². The summed E-state index contributed by atoms with van der Waals surface area (Å²) in [5.41, 5.74) is 1.60. The van der Waals surface area contributed by atoms with Gasteiger partial charge in [-0.1, -0.05) is 12.1 Å². The van der Waals surface area contributed by atoms with Crippen LogP contribution in [-0.2, 0) is 6.54 Å². The smallest absolute Gasteiger partial charge is 0.318 e. The minimum absolute atomic E-state index is 0.00865. The van der Waals surface area contributed by atoms with Crippen LogP contribution in [0.2, 0.25) is 0 Å². The summed E-state index contributed by atoms with van der Waals surface area (Å²) in [6.07, 6.45) is 3.16. The van der Waals surface area contributed by atoms with Crippen LogP contribution in [0.1, 0.15) is 31.0 Å². The van der Waals surface area contributed by atoms with Crippen LogP contribution in [0, 0.1) is 10.1 Å². The molecule has 2 amide bonds. The van der Waals surface area contributed by atoms with Crippen molar-refractivity contribution < 1.29 is 14.1 Å². The molecule has 0 fully saturated rings. The van der Waals surface area contributed by atoms with Crippen LogP contribution in [0.3, 0.4) is 0 Å². The number of nitrogens with one attached hydrogen (secondary N) is 1. The number of benzene rings is 1. The minimum atomic E-state index is -0.449. The highest BCUT2D eigenvalue weighted by Gasteiger charge is 2.17. The Hall–Kier alpha value is -2.83. The van der Waals surface area contributed by atoms with Gasteiger partial charge in [-0.3, -0.25) is 10.1 Å². The maximum absolute atomic E-state index is 12.4. The molecule has 0 radical (unpaired) electrons. The van der Waals surface area contributed by atoms with Crippen LogP contribution in [-0.4, -0.2) is 22.4 Å². The number of non-ortho nitro benzene ring substituents is 1. The van der Waals surface area contributed by atoms with Crippen LogP contribution in [0.15, 0.2) is 47.3 Å². The van der Waals surface area contributed by atoms with E-state index < -0.39 is 4.92 Å². The van der Waals surface area contributed by atoms with E-state index in [4.69, 9.17) is 4.42 Å². The van der Waals surface area contributed by atoms with Crippen LogP contribution >= 0.6 is 0 Å². The van der Waals surface area contributed by atoms with Crippen molar-refractivity contribution in [1.82, 2.24) is 10.2 Å². The maximum Gasteiger partial charge on any atom is 0.318 e. The summed E-state index contributed by atoms with van der Waals surface area (Å²) in [6.45, 7) is 4.67. The van der Waals surface area contributed by atoms with E-state index in [1.54, 1.807) is 42.5 Å². The SMILES string of the molecule is CCN(Cc1ccoc1)C(=O)N[C@H](C)c1cccc([N+](=O)[O-])c1. The Kier molecular flexibility index (Phi) is 5.35. The van der Waals surface area contributed by atoms with E-state index in [-0.39, 0.29) is 17.8 Å². The predicted octanol–water partition coefficient (Wildman–Crippen LogP) is 3.48. The number of rotatable bonds is 6. The highest BCUT2D eigenvalue weighted by Crippen LogP contribution is 2.19. The fraction of sp³-hybridized carbons (Fsp3) is 0.312. The first-order chi connectivity index (χ1) is 11.0. The Morgan fingerprint density at radius 1 is 1.43 bits per heavy atom. The first-order valence-corrected chi connectivity index (χ1v) is 7.32. The average Bonchev–Trinajstić information content (AvgIpc) is 3.05. The largest absolute Gasteiger partial charge is 0.472 e. The molecule has 0 aliphatic heterocycles. The standard InChI is InChI=1S/C16H19N3O4/c1-3-18(10-13-7-8-23-11-13)16(20)17-12(2)14-5-4-6-15(9-14)19(21)22/h4-9,11-12H,3,10H2,1-2H3,(H,17,20)/t12-/m1/s1. The molecule has 1 aromatic heterocycles. The maximum atomic E-state index is 12.4. The van der Waals surface area contributed by atoms with E-state index in [2.05, 4.69) is 5.32 Å². The van der Waals surface area contributed by atoms with Gasteiger partial charge in [0.2, 0.25) is 0 Å². The van der Waals surface area contributed by atoms with Crippen molar-refractivity contribution in [2.24, 2.45) is 0 Å². The van der Waals surface area contributed by atoms with Gasteiger partial charge in [-0.15, -0.1) is 0 Å². The van der Waals surface area contributed by atoms with Gasteiger partial charge in [-0.2, -0.15) is 0 Å². The van der Waals surface area contributed by atoms with Crippen molar-refractivity contribution in [3.63, 3.8) is 0 Å². The summed E-state index contributed by atoms with van der Waals surface area (Å²) in [5, 5.41) is 13.7. The summed E-state index contributed by atoms with van der Waals surface area (Å²) in [5.74, 6) is 0. The predicted molar refractivity (Wildman–Crippen MR) is 84.8 cm³/mol. The molecule has 0 saturated carbocycles. The molecule has 7 heteroatoms. The normalized spacial score (nSPS) is 11.7. The molecule has 0 spiro atoms. The molecule has 1 atom stereocenters. The number of urea groups is 1. The van der Waals surface area contributed by atoms with Crippen LogP contribution in [0.25, 0.3) is 0 Å². The number of nitrogens with zero attached hydrogens (tertiary/aromatic N) is 2. The molecular formula is C16H19N3O4. The van der Waals surface area contributed by atoms with E-state index in [0.29, 0.717) is 18.7 Å². The first-order valence-electron chi connectivity index (χ1n) is 7.32. The number of hydrogen-bond acceptors (Lipinski definition) is 4. The lowest BCUT2D eigenvalue weighted by Gasteiger charge is -2.23. The highest BCUT2D eigenvalue weighted by molar-refractivity contribution is 5.74. The summed E-state index contributed by atoms with van der Waals surface area (Å²) in [7, 11) is 0.